The SMILES string of the molecule is O=C(O)C1=CC(c2cccc3ccccc23)n2ncnc2N1. The quantitative estimate of drug-likeness (QED) is 0.758. The van der Waals surface area contributed by atoms with Gasteiger partial charge in [-0.05, 0) is 22.4 Å². The highest BCUT2D eigenvalue weighted by Crippen LogP contribution is 2.32. The fourth-order valence-corrected chi connectivity index (χ4v) is 2.79. The minimum atomic E-state index is -1.01. The monoisotopic (exact) mass is 292 g/mol. The highest BCUT2D eigenvalue weighted by molar-refractivity contribution is 5.91. The fourth-order valence-electron chi connectivity index (χ4n) is 2.79. The summed E-state index contributed by atoms with van der Waals surface area (Å²) in [5.74, 6) is -0.586. The number of allylic oxidation sites excluding steroid dienone is 1. The van der Waals surface area contributed by atoms with Crippen molar-refractivity contribution in [1.82, 2.24) is 14.8 Å². The van der Waals surface area contributed by atoms with Crippen molar-refractivity contribution in [3.63, 3.8) is 0 Å². The number of aromatic nitrogens is 3. The van der Waals surface area contributed by atoms with Crippen LogP contribution in [0.2, 0.25) is 0 Å². The van der Waals surface area contributed by atoms with Crippen LogP contribution in [-0.2, 0) is 4.79 Å². The Labute approximate surface area is 125 Å². The lowest BCUT2D eigenvalue weighted by Crippen LogP contribution is -2.24. The maximum atomic E-state index is 11.3. The molecular formula is C16H12N4O2. The lowest BCUT2D eigenvalue weighted by molar-refractivity contribution is -0.132. The highest BCUT2D eigenvalue weighted by Gasteiger charge is 2.26. The topological polar surface area (TPSA) is 80.0 Å². The van der Waals surface area contributed by atoms with E-state index >= 15 is 0 Å². The molecule has 0 bridgehead atoms. The van der Waals surface area contributed by atoms with E-state index < -0.39 is 5.97 Å². The Morgan fingerprint density at radius 1 is 1.18 bits per heavy atom. The van der Waals surface area contributed by atoms with Gasteiger partial charge in [-0.1, -0.05) is 42.5 Å². The number of nitrogens with one attached hydrogen (secondary N) is 1. The van der Waals surface area contributed by atoms with Crippen LogP contribution in [0, 0.1) is 0 Å². The van der Waals surface area contributed by atoms with Crippen molar-refractivity contribution in [1.29, 1.82) is 0 Å². The van der Waals surface area contributed by atoms with Gasteiger partial charge in [0, 0.05) is 0 Å². The smallest absolute Gasteiger partial charge is 0.352 e. The summed E-state index contributed by atoms with van der Waals surface area (Å²) in [7, 11) is 0. The van der Waals surface area contributed by atoms with Crippen molar-refractivity contribution in [2.75, 3.05) is 5.32 Å². The Bertz CT molecular complexity index is 908. The van der Waals surface area contributed by atoms with Crippen molar-refractivity contribution < 1.29 is 9.90 Å². The summed E-state index contributed by atoms with van der Waals surface area (Å²) in [6.45, 7) is 0. The third kappa shape index (κ3) is 1.85. The van der Waals surface area contributed by atoms with Gasteiger partial charge >= 0.3 is 5.97 Å². The zero-order valence-electron chi connectivity index (χ0n) is 11.5. The molecule has 1 aliphatic rings. The molecule has 2 aromatic carbocycles. The Morgan fingerprint density at radius 2 is 2.00 bits per heavy atom. The first-order valence-corrected chi connectivity index (χ1v) is 6.83. The first-order chi connectivity index (χ1) is 10.7. The van der Waals surface area contributed by atoms with E-state index in [1.165, 1.54) is 6.33 Å². The summed E-state index contributed by atoms with van der Waals surface area (Å²) < 4.78 is 1.69. The summed E-state index contributed by atoms with van der Waals surface area (Å²) in [6.07, 6.45) is 3.07. The Balaban J connectivity index is 1.96. The van der Waals surface area contributed by atoms with E-state index in [0.717, 1.165) is 16.3 Å². The van der Waals surface area contributed by atoms with Crippen molar-refractivity contribution in [3.8, 4) is 0 Å². The standard InChI is InChI=1S/C16H12N4O2/c21-15(22)13-8-14(20-16(19-13)17-9-18-20)12-7-3-5-10-4-1-2-6-11(10)12/h1-9,14H,(H,21,22)(H,17,18,19). The van der Waals surface area contributed by atoms with Gasteiger partial charge in [0.2, 0.25) is 5.95 Å². The predicted octanol–water partition coefficient (Wildman–Crippen LogP) is 2.41. The minimum absolute atomic E-state index is 0.110. The molecule has 6 nitrogen and oxygen atoms in total. The Hall–Kier alpha value is -3.15. The van der Waals surface area contributed by atoms with E-state index in [4.69, 9.17) is 0 Å². The molecular weight excluding hydrogens is 280 g/mol. The number of aliphatic carboxylic acids is 1. The van der Waals surface area contributed by atoms with E-state index in [2.05, 4.69) is 15.4 Å². The van der Waals surface area contributed by atoms with Gasteiger partial charge in [-0.15, -0.1) is 0 Å². The molecule has 1 atom stereocenters. The van der Waals surface area contributed by atoms with Crippen LogP contribution >= 0.6 is 0 Å². The van der Waals surface area contributed by atoms with E-state index in [0.29, 0.717) is 5.95 Å². The number of rotatable bonds is 2. The van der Waals surface area contributed by atoms with Crippen molar-refractivity contribution in [3.05, 3.63) is 66.1 Å². The first-order valence-electron chi connectivity index (χ1n) is 6.83. The molecule has 3 aromatic rings. The van der Waals surface area contributed by atoms with Crippen LogP contribution in [0.5, 0.6) is 0 Å². The van der Waals surface area contributed by atoms with Gasteiger partial charge in [-0.25, -0.2) is 9.48 Å². The largest absolute Gasteiger partial charge is 0.477 e. The Kier molecular flexibility index (Phi) is 2.69. The number of carboxylic acids is 1. The molecule has 108 valence electrons. The number of nitrogens with zero attached hydrogens (tertiary/aromatic N) is 3. The van der Waals surface area contributed by atoms with E-state index in [1.807, 2.05) is 42.5 Å². The van der Waals surface area contributed by atoms with Gasteiger partial charge in [0.05, 0.1) is 0 Å². The average Bonchev–Trinajstić information content (AvgIpc) is 3.02. The molecule has 0 saturated carbocycles. The van der Waals surface area contributed by atoms with Crippen LogP contribution in [0.25, 0.3) is 10.8 Å². The summed E-state index contributed by atoms with van der Waals surface area (Å²) in [6, 6.07) is 13.7. The molecule has 4 rings (SSSR count). The first kappa shape index (κ1) is 12.6. The van der Waals surface area contributed by atoms with Crippen LogP contribution in [0.4, 0.5) is 5.95 Å². The third-order valence-corrected chi connectivity index (χ3v) is 3.78. The van der Waals surface area contributed by atoms with Crippen molar-refractivity contribution in [2.45, 2.75) is 6.04 Å². The van der Waals surface area contributed by atoms with Crippen LogP contribution in [-0.4, -0.2) is 25.8 Å². The van der Waals surface area contributed by atoms with Gasteiger partial charge in [0.25, 0.3) is 0 Å². The second kappa shape index (κ2) is 4.70. The molecule has 0 amide bonds. The van der Waals surface area contributed by atoms with Gasteiger partial charge < -0.3 is 10.4 Å². The molecule has 0 fully saturated rings. The number of anilines is 1. The van der Waals surface area contributed by atoms with Crippen LogP contribution in [0.1, 0.15) is 11.6 Å². The number of benzene rings is 2. The second-order valence-electron chi connectivity index (χ2n) is 5.05. The van der Waals surface area contributed by atoms with E-state index in [9.17, 15) is 9.90 Å². The molecule has 2 heterocycles. The highest BCUT2D eigenvalue weighted by atomic mass is 16.4. The molecule has 0 radical (unpaired) electrons. The predicted molar refractivity (Wildman–Crippen MR) is 81.5 cm³/mol. The number of hydrogen-bond donors (Lipinski definition) is 2. The second-order valence-corrected chi connectivity index (χ2v) is 5.05. The minimum Gasteiger partial charge on any atom is -0.477 e. The van der Waals surface area contributed by atoms with Gasteiger partial charge in [-0.3, -0.25) is 0 Å². The van der Waals surface area contributed by atoms with Gasteiger partial charge in [-0.2, -0.15) is 10.1 Å². The van der Waals surface area contributed by atoms with Crippen molar-refractivity contribution in [2.24, 2.45) is 0 Å². The number of carboxylic acid groups (broad SMARTS) is 1. The molecule has 0 aliphatic carbocycles. The number of hydrogen-bond acceptors (Lipinski definition) is 4. The van der Waals surface area contributed by atoms with Gasteiger partial charge in [0.1, 0.15) is 18.1 Å². The molecule has 1 aliphatic heterocycles. The molecule has 2 N–H and O–H groups in total. The van der Waals surface area contributed by atoms with Crippen LogP contribution < -0.4 is 5.32 Å². The average molecular weight is 292 g/mol. The summed E-state index contributed by atoms with van der Waals surface area (Å²) in [5.41, 5.74) is 1.10. The zero-order chi connectivity index (χ0) is 15.1. The molecule has 0 saturated heterocycles. The van der Waals surface area contributed by atoms with Crippen LogP contribution in [0.3, 0.4) is 0 Å². The third-order valence-electron chi connectivity index (χ3n) is 3.78. The summed E-state index contributed by atoms with van der Waals surface area (Å²) in [5, 5.41) is 18.5. The molecule has 1 unspecified atom stereocenters. The summed E-state index contributed by atoms with van der Waals surface area (Å²) >= 11 is 0. The zero-order valence-corrected chi connectivity index (χ0v) is 11.5. The maximum absolute atomic E-state index is 11.3. The number of fused-ring (bicyclic) bond motifs is 2. The Morgan fingerprint density at radius 3 is 2.86 bits per heavy atom. The molecule has 6 heteroatoms. The fraction of sp³-hybridized carbons (Fsp3) is 0.0625. The molecule has 0 spiro atoms. The maximum Gasteiger partial charge on any atom is 0.352 e. The lowest BCUT2D eigenvalue weighted by atomic mass is 9.97. The van der Waals surface area contributed by atoms with Gasteiger partial charge in [0.15, 0.2) is 0 Å². The molecule has 22 heavy (non-hydrogen) atoms. The lowest BCUT2D eigenvalue weighted by Gasteiger charge is -2.23. The van der Waals surface area contributed by atoms with Crippen LogP contribution in [0.15, 0.2) is 60.6 Å². The van der Waals surface area contributed by atoms with E-state index in [-0.39, 0.29) is 11.7 Å². The normalized spacial score (nSPS) is 16.7. The number of carbonyl (C=O) groups is 1. The molecule has 1 aromatic heterocycles. The van der Waals surface area contributed by atoms with Crippen molar-refractivity contribution >= 4 is 22.7 Å². The summed E-state index contributed by atoms with van der Waals surface area (Å²) in [4.78, 5) is 15.4. The van der Waals surface area contributed by atoms with E-state index in [1.54, 1.807) is 10.8 Å².